The smallest absolute Gasteiger partial charge is 0.135 e. The average molecular weight is 284 g/mol. The van der Waals surface area contributed by atoms with Gasteiger partial charge in [0.15, 0.2) is 0 Å². The number of nitrogens with two attached hydrogens (primary N) is 1. The van der Waals surface area contributed by atoms with Crippen LogP contribution in [-0.2, 0) is 6.54 Å². The topological polar surface area (TPSA) is 35.2 Å². The van der Waals surface area contributed by atoms with Gasteiger partial charge < -0.3 is 10.5 Å². The molecule has 0 radical (unpaired) electrons. The van der Waals surface area contributed by atoms with Crippen LogP contribution in [0, 0.1) is 0 Å². The standard InChI is InChI=1S/C17H14ClNO/c18-14-9-8-13(11-19)17(10-14)20-16-7-3-5-12-4-1-2-6-15(12)16/h1-10H,11,19H2. The van der Waals surface area contributed by atoms with E-state index in [2.05, 4.69) is 12.1 Å². The summed E-state index contributed by atoms with van der Waals surface area (Å²) in [6, 6.07) is 19.6. The molecule has 20 heavy (non-hydrogen) atoms. The van der Waals surface area contributed by atoms with Crippen LogP contribution in [0.1, 0.15) is 5.56 Å². The second-order valence-corrected chi connectivity index (χ2v) is 4.97. The summed E-state index contributed by atoms with van der Waals surface area (Å²) in [6.45, 7) is 0.414. The Bertz CT molecular complexity index is 750. The molecule has 0 atom stereocenters. The van der Waals surface area contributed by atoms with E-state index in [1.165, 1.54) is 0 Å². The second-order valence-electron chi connectivity index (χ2n) is 4.54. The van der Waals surface area contributed by atoms with Crippen molar-refractivity contribution in [3.8, 4) is 11.5 Å². The molecule has 0 amide bonds. The number of halogens is 1. The van der Waals surface area contributed by atoms with Crippen molar-refractivity contribution in [2.45, 2.75) is 6.54 Å². The number of fused-ring (bicyclic) bond motifs is 1. The van der Waals surface area contributed by atoms with Crippen molar-refractivity contribution in [1.29, 1.82) is 0 Å². The minimum atomic E-state index is 0.414. The fourth-order valence-corrected chi connectivity index (χ4v) is 2.36. The van der Waals surface area contributed by atoms with Crippen LogP contribution in [0.2, 0.25) is 5.02 Å². The number of ether oxygens (including phenoxy) is 1. The Morgan fingerprint density at radius 3 is 2.55 bits per heavy atom. The molecule has 3 heteroatoms. The van der Waals surface area contributed by atoms with Crippen LogP contribution < -0.4 is 10.5 Å². The van der Waals surface area contributed by atoms with Crippen LogP contribution in [0.5, 0.6) is 11.5 Å². The van der Waals surface area contributed by atoms with Crippen molar-refractivity contribution >= 4 is 22.4 Å². The van der Waals surface area contributed by atoms with Crippen molar-refractivity contribution in [3.05, 3.63) is 71.2 Å². The van der Waals surface area contributed by atoms with E-state index in [4.69, 9.17) is 22.1 Å². The Labute approximate surface area is 122 Å². The minimum Gasteiger partial charge on any atom is -0.456 e. The molecule has 0 saturated heterocycles. The Morgan fingerprint density at radius 1 is 0.900 bits per heavy atom. The van der Waals surface area contributed by atoms with Crippen molar-refractivity contribution in [1.82, 2.24) is 0 Å². The number of hydrogen-bond donors (Lipinski definition) is 1. The van der Waals surface area contributed by atoms with E-state index >= 15 is 0 Å². The van der Waals surface area contributed by atoms with Gasteiger partial charge in [0.05, 0.1) is 0 Å². The summed E-state index contributed by atoms with van der Waals surface area (Å²) in [5.74, 6) is 1.51. The molecule has 100 valence electrons. The van der Waals surface area contributed by atoms with Gasteiger partial charge in [-0.15, -0.1) is 0 Å². The highest BCUT2D eigenvalue weighted by atomic mass is 35.5. The average Bonchev–Trinajstić information content (AvgIpc) is 2.48. The zero-order valence-electron chi connectivity index (χ0n) is 10.8. The summed E-state index contributed by atoms with van der Waals surface area (Å²) in [4.78, 5) is 0. The predicted molar refractivity (Wildman–Crippen MR) is 83.4 cm³/mol. The van der Waals surface area contributed by atoms with Crippen LogP contribution >= 0.6 is 11.6 Å². The largest absolute Gasteiger partial charge is 0.456 e. The monoisotopic (exact) mass is 283 g/mol. The zero-order chi connectivity index (χ0) is 13.9. The molecule has 0 aliphatic rings. The molecule has 3 aromatic carbocycles. The highest BCUT2D eigenvalue weighted by Gasteiger charge is 2.07. The third kappa shape index (κ3) is 2.48. The second kappa shape index (κ2) is 5.53. The van der Waals surface area contributed by atoms with Crippen molar-refractivity contribution < 1.29 is 4.74 Å². The lowest BCUT2D eigenvalue weighted by molar-refractivity contribution is 0.482. The SMILES string of the molecule is NCc1ccc(Cl)cc1Oc1cccc2ccccc12. The number of hydrogen-bond acceptors (Lipinski definition) is 2. The fraction of sp³-hybridized carbons (Fsp3) is 0.0588. The Kier molecular flexibility index (Phi) is 3.59. The maximum absolute atomic E-state index is 6.04. The Morgan fingerprint density at radius 2 is 1.70 bits per heavy atom. The van der Waals surface area contributed by atoms with Crippen LogP contribution in [0.3, 0.4) is 0 Å². The quantitative estimate of drug-likeness (QED) is 0.753. The molecule has 0 saturated carbocycles. The van der Waals surface area contributed by atoms with Crippen LogP contribution in [0.15, 0.2) is 60.7 Å². The van der Waals surface area contributed by atoms with Crippen molar-refractivity contribution in [3.63, 3.8) is 0 Å². The molecule has 0 aliphatic heterocycles. The number of rotatable bonds is 3. The molecule has 0 fully saturated rings. The Balaban J connectivity index is 2.07. The lowest BCUT2D eigenvalue weighted by Crippen LogP contribution is -1.99. The van der Waals surface area contributed by atoms with Gasteiger partial charge in [-0.25, -0.2) is 0 Å². The van der Waals surface area contributed by atoms with Gasteiger partial charge in [0.1, 0.15) is 11.5 Å². The molecule has 0 heterocycles. The van der Waals surface area contributed by atoms with Gasteiger partial charge in [-0.05, 0) is 23.6 Å². The van der Waals surface area contributed by atoms with Gasteiger partial charge in [-0.3, -0.25) is 0 Å². The van der Waals surface area contributed by atoms with E-state index in [1.807, 2.05) is 42.5 Å². The van der Waals surface area contributed by atoms with Crippen LogP contribution in [-0.4, -0.2) is 0 Å². The van der Waals surface area contributed by atoms with E-state index in [0.717, 1.165) is 22.1 Å². The molecule has 2 nitrogen and oxygen atoms in total. The molecule has 0 aliphatic carbocycles. The minimum absolute atomic E-state index is 0.414. The molecule has 0 spiro atoms. The summed E-state index contributed by atoms with van der Waals surface area (Å²) in [6.07, 6.45) is 0. The summed E-state index contributed by atoms with van der Waals surface area (Å²) < 4.78 is 6.03. The molecular formula is C17H14ClNO. The van der Waals surface area contributed by atoms with Gasteiger partial charge in [-0.1, -0.05) is 54.1 Å². The van der Waals surface area contributed by atoms with E-state index in [9.17, 15) is 0 Å². The van der Waals surface area contributed by atoms with E-state index in [-0.39, 0.29) is 0 Å². The third-order valence-electron chi connectivity index (χ3n) is 3.22. The first kappa shape index (κ1) is 13.0. The molecule has 0 bridgehead atoms. The summed E-state index contributed by atoms with van der Waals surface area (Å²) in [7, 11) is 0. The van der Waals surface area contributed by atoms with Crippen LogP contribution in [0.4, 0.5) is 0 Å². The first-order valence-electron chi connectivity index (χ1n) is 6.42. The van der Waals surface area contributed by atoms with Gasteiger partial charge in [0, 0.05) is 22.5 Å². The van der Waals surface area contributed by atoms with E-state index < -0.39 is 0 Å². The zero-order valence-corrected chi connectivity index (χ0v) is 11.6. The predicted octanol–water partition coefficient (Wildman–Crippen LogP) is 4.74. The van der Waals surface area contributed by atoms with Gasteiger partial charge in [0.25, 0.3) is 0 Å². The first-order chi connectivity index (χ1) is 9.78. The lowest BCUT2D eigenvalue weighted by Gasteiger charge is -2.12. The third-order valence-corrected chi connectivity index (χ3v) is 3.45. The van der Waals surface area contributed by atoms with E-state index in [1.54, 1.807) is 6.07 Å². The molecule has 2 N–H and O–H groups in total. The van der Waals surface area contributed by atoms with Crippen molar-refractivity contribution in [2.24, 2.45) is 5.73 Å². The molecule has 0 aromatic heterocycles. The van der Waals surface area contributed by atoms with Gasteiger partial charge in [0.2, 0.25) is 0 Å². The maximum Gasteiger partial charge on any atom is 0.135 e. The summed E-state index contributed by atoms with van der Waals surface area (Å²) in [5, 5.41) is 2.84. The summed E-state index contributed by atoms with van der Waals surface area (Å²) >= 11 is 6.04. The lowest BCUT2D eigenvalue weighted by atomic mass is 10.1. The van der Waals surface area contributed by atoms with E-state index in [0.29, 0.717) is 17.3 Å². The molecular weight excluding hydrogens is 270 g/mol. The highest BCUT2D eigenvalue weighted by molar-refractivity contribution is 6.30. The molecule has 3 aromatic rings. The Hall–Kier alpha value is -2.03. The first-order valence-corrected chi connectivity index (χ1v) is 6.80. The van der Waals surface area contributed by atoms with Crippen LogP contribution in [0.25, 0.3) is 10.8 Å². The molecule has 0 unspecified atom stereocenters. The van der Waals surface area contributed by atoms with Gasteiger partial charge >= 0.3 is 0 Å². The highest BCUT2D eigenvalue weighted by Crippen LogP contribution is 2.32. The fourth-order valence-electron chi connectivity index (χ4n) is 2.20. The normalized spacial score (nSPS) is 10.7. The van der Waals surface area contributed by atoms with Crippen molar-refractivity contribution in [2.75, 3.05) is 0 Å². The summed E-state index contributed by atoms with van der Waals surface area (Å²) in [5.41, 5.74) is 6.68. The maximum atomic E-state index is 6.04. The molecule has 3 rings (SSSR count). The number of benzene rings is 3. The van der Waals surface area contributed by atoms with Gasteiger partial charge in [-0.2, -0.15) is 0 Å².